The van der Waals surface area contributed by atoms with Crippen LogP contribution in [0, 0.1) is 16.7 Å². The molecular formula is C29H31BrClN3O4. The average Bonchev–Trinajstić information content (AvgIpc) is 2.86. The standard InChI is InChI=1S/C29H31BrClN3O4/c1-29(2)13-22-26(23(35)14-29)25(19(15-32)28(33)34(22)9-10-36-3)18-11-20(30)27(24(12-18)37-4)38-16-17-7-5-6-8-21(17)31/h5-8,11-12,25H,9-10,13-14,16,33H2,1-4H3/t25-/m1/s1. The Bertz CT molecular complexity index is 1360. The van der Waals surface area contributed by atoms with Gasteiger partial charge >= 0.3 is 0 Å². The Labute approximate surface area is 236 Å². The lowest BCUT2D eigenvalue weighted by molar-refractivity contribution is -0.118. The minimum atomic E-state index is -0.625. The number of ether oxygens (including phenoxy) is 3. The van der Waals surface area contributed by atoms with Crippen LogP contribution in [0.25, 0.3) is 0 Å². The third-order valence-electron chi connectivity index (χ3n) is 6.92. The number of ketones is 1. The number of nitrogens with zero attached hydrogens (tertiary/aromatic N) is 2. The van der Waals surface area contributed by atoms with Gasteiger partial charge in [0.2, 0.25) is 0 Å². The number of carbonyl (C=O) groups excluding carboxylic acids is 1. The van der Waals surface area contributed by atoms with Gasteiger partial charge in [-0.2, -0.15) is 5.26 Å². The molecule has 4 rings (SSSR count). The van der Waals surface area contributed by atoms with Crippen LogP contribution in [0.5, 0.6) is 11.5 Å². The summed E-state index contributed by atoms with van der Waals surface area (Å²) in [5.41, 5.74) is 9.70. The van der Waals surface area contributed by atoms with E-state index >= 15 is 0 Å². The molecule has 1 aliphatic carbocycles. The molecule has 0 fully saturated rings. The highest BCUT2D eigenvalue weighted by atomic mass is 79.9. The number of halogens is 2. The summed E-state index contributed by atoms with van der Waals surface area (Å²) < 4.78 is 17.7. The van der Waals surface area contributed by atoms with Crippen LogP contribution in [0.2, 0.25) is 5.02 Å². The predicted molar refractivity (Wildman–Crippen MR) is 150 cm³/mol. The lowest BCUT2D eigenvalue weighted by Crippen LogP contribution is -2.43. The summed E-state index contributed by atoms with van der Waals surface area (Å²) in [6, 6.07) is 13.4. The van der Waals surface area contributed by atoms with Crippen molar-refractivity contribution in [2.75, 3.05) is 27.4 Å². The number of Topliss-reactive ketones (excluding diaryl/α,β-unsaturated/α-hetero) is 1. The Hall–Kier alpha value is -2.99. The van der Waals surface area contributed by atoms with Crippen molar-refractivity contribution in [2.45, 2.75) is 39.2 Å². The van der Waals surface area contributed by atoms with Gasteiger partial charge in [0.15, 0.2) is 17.3 Å². The first-order chi connectivity index (χ1) is 18.1. The van der Waals surface area contributed by atoms with Crippen molar-refractivity contribution in [2.24, 2.45) is 11.1 Å². The minimum Gasteiger partial charge on any atom is -0.493 e. The molecule has 0 unspecified atom stereocenters. The monoisotopic (exact) mass is 599 g/mol. The molecule has 2 aliphatic rings. The van der Waals surface area contributed by atoms with Crippen molar-refractivity contribution in [1.29, 1.82) is 5.26 Å². The van der Waals surface area contributed by atoms with Gasteiger partial charge in [-0.1, -0.05) is 43.6 Å². The molecule has 1 atom stereocenters. The van der Waals surface area contributed by atoms with E-state index in [1.165, 1.54) is 0 Å². The highest BCUT2D eigenvalue weighted by Gasteiger charge is 2.44. The summed E-state index contributed by atoms with van der Waals surface area (Å²) in [5.74, 6) is 0.686. The van der Waals surface area contributed by atoms with E-state index in [0.717, 1.165) is 11.3 Å². The van der Waals surface area contributed by atoms with Gasteiger partial charge in [0.25, 0.3) is 0 Å². The molecule has 2 N–H and O–H groups in total. The van der Waals surface area contributed by atoms with Gasteiger partial charge in [-0.25, -0.2) is 0 Å². The van der Waals surface area contributed by atoms with Crippen LogP contribution in [-0.2, 0) is 16.1 Å². The molecule has 7 nitrogen and oxygen atoms in total. The van der Waals surface area contributed by atoms with Crippen molar-refractivity contribution >= 4 is 33.3 Å². The van der Waals surface area contributed by atoms with Crippen LogP contribution in [0.1, 0.15) is 43.7 Å². The molecule has 0 saturated heterocycles. The Morgan fingerprint density at radius 3 is 2.63 bits per heavy atom. The lowest BCUT2D eigenvalue weighted by Gasteiger charge is -2.43. The smallest absolute Gasteiger partial charge is 0.175 e. The summed E-state index contributed by atoms with van der Waals surface area (Å²) in [4.78, 5) is 15.5. The summed E-state index contributed by atoms with van der Waals surface area (Å²) in [5, 5.41) is 10.9. The van der Waals surface area contributed by atoms with Crippen LogP contribution in [0.4, 0.5) is 0 Å². The molecule has 9 heteroatoms. The first kappa shape index (κ1) is 28.0. The van der Waals surface area contributed by atoms with Gasteiger partial charge in [0.05, 0.1) is 35.7 Å². The number of rotatable bonds is 8. The topological polar surface area (TPSA) is 97.8 Å². The van der Waals surface area contributed by atoms with Gasteiger partial charge in [-0.3, -0.25) is 4.79 Å². The third kappa shape index (κ3) is 5.42. The summed E-state index contributed by atoms with van der Waals surface area (Å²) in [6.45, 7) is 5.24. The van der Waals surface area contributed by atoms with Crippen LogP contribution in [0.3, 0.4) is 0 Å². The first-order valence-electron chi connectivity index (χ1n) is 12.3. The fourth-order valence-corrected chi connectivity index (χ4v) is 5.92. The molecule has 0 radical (unpaired) electrons. The van der Waals surface area contributed by atoms with Crippen LogP contribution in [-0.4, -0.2) is 38.1 Å². The van der Waals surface area contributed by atoms with Gasteiger partial charge in [0, 0.05) is 41.9 Å². The highest BCUT2D eigenvalue weighted by molar-refractivity contribution is 9.10. The molecular weight excluding hydrogens is 570 g/mol. The molecule has 1 aliphatic heterocycles. The number of benzene rings is 2. The number of nitrogens with two attached hydrogens (primary N) is 1. The number of nitriles is 1. The van der Waals surface area contributed by atoms with E-state index in [4.69, 9.17) is 31.5 Å². The minimum absolute atomic E-state index is 0.0121. The Morgan fingerprint density at radius 1 is 1.24 bits per heavy atom. The van der Waals surface area contributed by atoms with Crippen LogP contribution in [0.15, 0.2) is 63.5 Å². The molecule has 2 aromatic rings. The second-order valence-corrected chi connectivity index (χ2v) is 11.5. The van der Waals surface area contributed by atoms with Crippen molar-refractivity contribution in [3.05, 3.63) is 79.7 Å². The van der Waals surface area contributed by atoms with Gasteiger partial charge in [0.1, 0.15) is 12.4 Å². The molecule has 38 heavy (non-hydrogen) atoms. The van der Waals surface area contributed by atoms with E-state index in [9.17, 15) is 10.1 Å². The Morgan fingerprint density at radius 2 is 1.97 bits per heavy atom. The highest BCUT2D eigenvalue weighted by Crippen LogP contribution is 2.50. The maximum atomic E-state index is 13.6. The molecule has 0 spiro atoms. The lowest BCUT2D eigenvalue weighted by atomic mass is 9.68. The van der Waals surface area contributed by atoms with Crippen molar-refractivity contribution in [3.8, 4) is 17.6 Å². The molecule has 0 bridgehead atoms. The Balaban J connectivity index is 1.81. The molecule has 0 saturated carbocycles. The Kier molecular flexibility index (Phi) is 8.41. The zero-order chi connectivity index (χ0) is 27.6. The number of methoxy groups -OCH3 is 2. The maximum Gasteiger partial charge on any atom is 0.175 e. The van der Waals surface area contributed by atoms with Crippen molar-refractivity contribution < 1.29 is 19.0 Å². The fourth-order valence-electron chi connectivity index (χ4n) is 5.16. The largest absolute Gasteiger partial charge is 0.493 e. The zero-order valence-corrected chi connectivity index (χ0v) is 24.3. The van der Waals surface area contributed by atoms with Crippen molar-refractivity contribution in [1.82, 2.24) is 4.90 Å². The zero-order valence-electron chi connectivity index (χ0n) is 21.9. The average molecular weight is 601 g/mol. The van der Waals surface area contributed by atoms with Crippen molar-refractivity contribution in [3.63, 3.8) is 0 Å². The molecule has 200 valence electrons. The van der Waals surface area contributed by atoms with E-state index in [0.29, 0.717) is 69.5 Å². The van der Waals surface area contributed by atoms with E-state index in [1.807, 2.05) is 41.3 Å². The SMILES string of the molecule is COCCN1C(N)=C(C#N)[C@@H](c2cc(Br)c(OCc3ccccc3Cl)c(OC)c2)C2=C1CC(C)(C)CC2=O. The fraction of sp³-hybridized carbons (Fsp3) is 0.379. The van der Waals surface area contributed by atoms with Crippen LogP contribution < -0.4 is 15.2 Å². The molecule has 0 aromatic heterocycles. The number of hydrogen-bond acceptors (Lipinski definition) is 7. The summed E-state index contributed by atoms with van der Waals surface area (Å²) in [6.07, 6.45) is 1.04. The molecule has 2 aromatic carbocycles. The van der Waals surface area contributed by atoms with Gasteiger partial charge < -0.3 is 24.8 Å². The second-order valence-electron chi connectivity index (χ2n) is 10.2. The van der Waals surface area contributed by atoms with E-state index < -0.39 is 5.92 Å². The predicted octanol–water partition coefficient (Wildman–Crippen LogP) is 6.07. The normalized spacial score (nSPS) is 18.8. The summed E-state index contributed by atoms with van der Waals surface area (Å²) >= 11 is 9.92. The second kappa shape index (κ2) is 11.4. The quantitative estimate of drug-likeness (QED) is 0.393. The molecule has 0 amide bonds. The number of carbonyl (C=O) groups is 1. The van der Waals surface area contributed by atoms with Crippen LogP contribution >= 0.6 is 27.5 Å². The van der Waals surface area contributed by atoms with Gasteiger partial charge in [-0.15, -0.1) is 0 Å². The number of hydrogen-bond donors (Lipinski definition) is 1. The van der Waals surface area contributed by atoms with E-state index in [1.54, 1.807) is 14.2 Å². The summed E-state index contributed by atoms with van der Waals surface area (Å²) in [7, 11) is 3.16. The third-order valence-corrected chi connectivity index (χ3v) is 7.88. The van der Waals surface area contributed by atoms with Gasteiger partial charge in [-0.05, 0) is 51.5 Å². The molecule has 1 heterocycles. The van der Waals surface area contributed by atoms with E-state index in [-0.39, 0.29) is 17.8 Å². The first-order valence-corrected chi connectivity index (χ1v) is 13.4. The maximum absolute atomic E-state index is 13.6. The van der Waals surface area contributed by atoms with E-state index in [2.05, 4.69) is 35.8 Å². The number of allylic oxidation sites excluding steroid dienone is 3.